The predicted octanol–water partition coefficient (Wildman–Crippen LogP) is 3.83. The molecule has 1 saturated carbocycles. The van der Waals surface area contributed by atoms with Gasteiger partial charge in [-0.05, 0) is 60.5 Å². The summed E-state index contributed by atoms with van der Waals surface area (Å²) in [7, 11) is 0. The van der Waals surface area contributed by atoms with Gasteiger partial charge in [0.15, 0.2) is 0 Å². The van der Waals surface area contributed by atoms with Gasteiger partial charge in [-0.2, -0.15) is 5.10 Å². The van der Waals surface area contributed by atoms with Crippen LogP contribution in [0.25, 0.3) is 23.3 Å². The Hall–Kier alpha value is -4.04. The van der Waals surface area contributed by atoms with Crippen LogP contribution in [-0.2, 0) is 6.54 Å². The van der Waals surface area contributed by atoms with E-state index in [1.165, 1.54) is 36.8 Å². The SMILES string of the molecule is C1=c2[nH]nc(C3Nc4cncc(-c5ccncc5)c4N3)c2=CC(c2cncc(CNCC3CCCC3)c2)C1. The van der Waals surface area contributed by atoms with Crippen molar-refractivity contribution >= 4 is 23.5 Å². The van der Waals surface area contributed by atoms with Crippen LogP contribution < -0.4 is 26.5 Å². The standard InChI is InChI=1S/C30H32N8/c1-2-4-19(3-1)13-32-14-20-11-23(16-33-15-20)22-5-6-26-24(12-22)29(38-37-26)30-35-27-18-34-17-25(28(27)36-30)21-7-9-31-10-8-21/h6-12,15-19,22,30,32,35-37H,1-5,13-14H2. The normalized spacial score (nSPS) is 20.1. The minimum Gasteiger partial charge on any atom is -0.358 e. The second-order valence-electron chi connectivity index (χ2n) is 10.6. The number of aromatic nitrogens is 5. The van der Waals surface area contributed by atoms with E-state index in [0.717, 1.165) is 64.2 Å². The lowest BCUT2D eigenvalue weighted by Crippen LogP contribution is -2.32. The average Bonchev–Trinajstić information content (AvgIpc) is 3.73. The maximum atomic E-state index is 4.72. The van der Waals surface area contributed by atoms with E-state index in [4.69, 9.17) is 5.10 Å². The van der Waals surface area contributed by atoms with Gasteiger partial charge >= 0.3 is 0 Å². The Bertz CT molecular complexity index is 1550. The molecule has 0 bridgehead atoms. The zero-order valence-electron chi connectivity index (χ0n) is 21.3. The summed E-state index contributed by atoms with van der Waals surface area (Å²) in [6, 6.07) is 6.31. The monoisotopic (exact) mass is 504 g/mol. The van der Waals surface area contributed by atoms with Crippen molar-refractivity contribution in [3.8, 4) is 11.1 Å². The minimum absolute atomic E-state index is 0.151. The van der Waals surface area contributed by atoms with E-state index in [0.29, 0.717) is 0 Å². The van der Waals surface area contributed by atoms with E-state index in [2.05, 4.69) is 54.2 Å². The number of hydrogen-bond acceptors (Lipinski definition) is 7. The molecule has 0 aromatic carbocycles. The van der Waals surface area contributed by atoms with E-state index in [1.54, 1.807) is 12.4 Å². The first kappa shape index (κ1) is 23.1. The number of aromatic amines is 1. The van der Waals surface area contributed by atoms with Gasteiger partial charge in [0, 0.05) is 54.2 Å². The number of H-pyrrole nitrogens is 1. The molecule has 2 aliphatic carbocycles. The van der Waals surface area contributed by atoms with E-state index in [-0.39, 0.29) is 12.1 Å². The molecule has 8 heteroatoms. The molecule has 8 nitrogen and oxygen atoms in total. The van der Waals surface area contributed by atoms with Crippen LogP contribution in [0.5, 0.6) is 0 Å². The Morgan fingerprint density at radius 3 is 2.71 bits per heavy atom. The molecule has 2 atom stereocenters. The van der Waals surface area contributed by atoms with Crippen LogP contribution in [0.1, 0.15) is 61.0 Å². The average molecular weight is 505 g/mol. The van der Waals surface area contributed by atoms with Crippen LogP contribution in [-0.4, -0.2) is 31.7 Å². The zero-order valence-corrected chi connectivity index (χ0v) is 21.3. The largest absolute Gasteiger partial charge is 0.358 e. The van der Waals surface area contributed by atoms with Gasteiger partial charge in [-0.1, -0.05) is 31.1 Å². The van der Waals surface area contributed by atoms with Crippen molar-refractivity contribution in [1.29, 1.82) is 0 Å². The van der Waals surface area contributed by atoms with Gasteiger partial charge in [0.25, 0.3) is 0 Å². The summed E-state index contributed by atoms with van der Waals surface area (Å²) in [5.41, 5.74) is 7.58. The summed E-state index contributed by atoms with van der Waals surface area (Å²) in [6.07, 6.45) is 22.2. The molecule has 192 valence electrons. The molecule has 1 fully saturated rings. The number of hydrogen-bond donors (Lipinski definition) is 4. The number of fused-ring (bicyclic) bond motifs is 2. The second-order valence-corrected chi connectivity index (χ2v) is 10.6. The highest BCUT2D eigenvalue weighted by Crippen LogP contribution is 2.40. The van der Waals surface area contributed by atoms with E-state index >= 15 is 0 Å². The Morgan fingerprint density at radius 2 is 1.82 bits per heavy atom. The van der Waals surface area contributed by atoms with Crippen LogP contribution in [0.4, 0.5) is 11.4 Å². The molecular weight excluding hydrogens is 472 g/mol. The molecule has 0 amide bonds. The molecule has 5 heterocycles. The van der Waals surface area contributed by atoms with Crippen molar-refractivity contribution in [3.63, 3.8) is 0 Å². The van der Waals surface area contributed by atoms with Gasteiger partial charge in [0.2, 0.25) is 0 Å². The van der Waals surface area contributed by atoms with Gasteiger partial charge in [-0.15, -0.1) is 0 Å². The first-order valence-electron chi connectivity index (χ1n) is 13.6. The van der Waals surface area contributed by atoms with E-state index in [1.807, 2.05) is 36.9 Å². The molecule has 4 aromatic rings. The minimum atomic E-state index is -0.151. The lowest BCUT2D eigenvalue weighted by atomic mass is 9.92. The van der Waals surface area contributed by atoms with Crippen molar-refractivity contribution in [3.05, 3.63) is 82.8 Å². The summed E-state index contributed by atoms with van der Waals surface area (Å²) >= 11 is 0. The maximum Gasteiger partial charge on any atom is 0.143 e. The molecule has 3 aliphatic rings. The van der Waals surface area contributed by atoms with E-state index in [9.17, 15) is 0 Å². The maximum absolute atomic E-state index is 4.72. The van der Waals surface area contributed by atoms with Gasteiger partial charge in [-0.3, -0.25) is 20.1 Å². The third kappa shape index (κ3) is 4.45. The number of nitrogens with zero attached hydrogens (tertiary/aromatic N) is 4. The van der Waals surface area contributed by atoms with Crippen molar-refractivity contribution in [2.75, 3.05) is 17.2 Å². The Balaban J connectivity index is 1.12. The third-order valence-electron chi connectivity index (χ3n) is 8.09. The fraction of sp³-hybridized carbons (Fsp3) is 0.333. The lowest BCUT2D eigenvalue weighted by molar-refractivity contribution is 0.489. The fourth-order valence-corrected chi connectivity index (χ4v) is 6.07. The molecule has 4 aromatic heterocycles. The van der Waals surface area contributed by atoms with Crippen LogP contribution >= 0.6 is 0 Å². The van der Waals surface area contributed by atoms with Crippen LogP contribution in [0.3, 0.4) is 0 Å². The second kappa shape index (κ2) is 10.0. The summed E-state index contributed by atoms with van der Waals surface area (Å²) < 4.78 is 0. The molecule has 0 saturated heterocycles. The number of anilines is 2. The van der Waals surface area contributed by atoms with Crippen molar-refractivity contribution in [2.45, 2.75) is 50.7 Å². The predicted molar refractivity (Wildman–Crippen MR) is 149 cm³/mol. The van der Waals surface area contributed by atoms with Gasteiger partial charge in [-0.25, -0.2) is 0 Å². The highest BCUT2D eigenvalue weighted by atomic mass is 15.2. The highest BCUT2D eigenvalue weighted by Gasteiger charge is 2.28. The molecule has 2 unspecified atom stereocenters. The van der Waals surface area contributed by atoms with Gasteiger partial charge in [0.05, 0.1) is 22.9 Å². The summed E-state index contributed by atoms with van der Waals surface area (Å²) in [5, 5.41) is 21.1. The third-order valence-corrected chi connectivity index (χ3v) is 8.09. The van der Waals surface area contributed by atoms with Crippen LogP contribution in [0.15, 0.2) is 55.4 Å². The Labute approximate surface area is 221 Å². The van der Waals surface area contributed by atoms with Crippen molar-refractivity contribution in [1.82, 2.24) is 30.5 Å². The van der Waals surface area contributed by atoms with Gasteiger partial charge in [0.1, 0.15) is 11.9 Å². The Morgan fingerprint density at radius 1 is 0.947 bits per heavy atom. The zero-order chi connectivity index (χ0) is 25.3. The quantitative estimate of drug-likeness (QED) is 0.303. The number of rotatable bonds is 7. The highest BCUT2D eigenvalue weighted by molar-refractivity contribution is 5.89. The molecule has 4 N–H and O–H groups in total. The number of nitrogens with one attached hydrogen (secondary N) is 4. The van der Waals surface area contributed by atoms with Crippen molar-refractivity contribution in [2.24, 2.45) is 5.92 Å². The van der Waals surface area contributed by atoms with Gasteiger partial charge < -0.3 is 16.0 Å². The Kier molecular flexibility index (Phi) is 6.09. The van der Waals surface area contributed by atoms with E-state index < -0.39 is 0 Å². The molecule has 1 aliphatic heterocycles. The van der Waals surface area contributed by atoms with Crippen LogP contribution in [0.2, 0.25) is 0 Å². The summed E-state index contributed by atoms with van der Waals surface area (Å²) in [6.45, 7) is 1.98. The molecule has 0 radical (unpaired) electrons. The molecule has 0 spiro atoms. The summed E-state index contributed by atoms with van der Waals surface area (Å²) in [5.74, 6) is 1.10. The summed E-state index contributed by atoms with van der Waals surface area (Å²) in [4.78, 5) is 13.2. The smallest absolute Gasteiger partial charge is 0.143 e. The first-order valence-corrected chi connectivity index (χ1v) is 13.6. The molecule has 7 rings (SSSR count). The lowest BCUT2D eigenvalue weighted by Gasteiger charge is -2.16. The fourth-order valence-electron chi connectivity index (χ4n) is 6.07. The molecule has 38 heavy (non-hydrogen) atoms. The first-order chi connectivity index (χ1) is 18.8. The van der Waals surface area contributed by atoms with Crippen molar-refractivity contribution < 1.29 is 0 Å². The topological polar surface area (TPSA) is 103 Å². The molecular formula is C30H32N8. The number of pyridine rings is 3. The van der Waals surface area contributed by atoms with Crippen LogP contribution in [0, 0.1) is 5.92 Å².